The fourth-order valence-corrected chi connectivity index (χ4v) is 1.04. The third-order valence-electron chi connectivity index (χ3n) is 1.79. The van der Waals surface area contributed by atoms with Crippen molar-refractivity contribution in [2.45, 2.75) is 25.7 Å². The third-order valence-corrected chi connectivity index (χ3v) is 1.79. The normalized spacial score (nSPS) is 13.2. The van der Waals surface area contributed by atoms with Gasteiger partial charge in [0.05, 0.1) is 0 Å². The van der Waals surface area contributed by atoms with Crippen LogP contribution in [-0.4, -0.2) is 34.3 Å². The Morgan fingerprint density at radius 3 is 3.00 bits per heavy atom. The molecule has 0 aliphatic rings. The fourth-order valence-electron chi connectivity index (χ4n) is 1.04. The summed E-state index contributed by atoms with van der Waals surface area (Å²) in [5, 5.41) is 13.8. The smallest absolute Gasteiger partial charge is 0.177 e. The number of nitrogens with zero attached hydrogens (tertiary/aromatic N) is 3. The zero-order valence-electron chi connectivity index (χ0n) is 7.45. The van der Waals surface area contributed by atoms with Crippen LogP contribution in [0.25, 0.3) is 0 Å². The number of rotatable bonds is 5. The van der Waals surface area contributed by atoms with Crippen LogP contribution in [0.15, 0.2) is 0 Å². The summed E-state index contributed by atoms with van der Waals surface area (Å²) < 4.78 is 4.95. The van der Waals surface area contributed by atoms with Crippen molar-refractivity contribution in [1.29, 1.82) is 0 Å². The van der Waals surface area contributed by atoms with Gasteiger partial charge < -0.3 is 4.74 Å². The first kappa shape index (κ1) is 9.12. The maximum atomic E-state index is 4.95. The van der Waals surface area contributed by atoms with Crippen LogP contribution in [-0.2, 0) is 4.74 Å². The molecule has 0 bridgehead atoms. The average Bonchev–Trinajstić information content (AvgIpc) is 2.56. The number of H-pyrrole nitrogens is 1. The summed E-state index contributed by atoms with van der Waals surface area (Å²) in [5.74, 6) is 1.14. The summed E-state index contributed by atoms with van der Waals surface area (Å²) in [5.41, 5.74) is 0. The van der Waals surface area contributed by atoms with Gasteiger partial charge in [-0.15, -0.1) is 10.2 Å². The number of aromatic nitrogens is 4. The molecule has 0 amide bonds. The molecule has 1 heterocycles. The van der Waals surface area contributed by atoms with Crippen molar-refractivity contribution in [1.82, 2.24) is 20.6 Å². The Bertz CT molecular complexity index is 199. The Balaban J connectivity index is 2.25. The topological polar surface area (TPSA) is 63.7 Å². The third kappa shape index (κ3) is 2.58. The number of tetrazole rings is 1. The van der Waals surface area contributed by atoms with Crippen LogP contribution < -0.4 is 0 Å². The van der Waals surface area contributed by atoms with E-state index in [1.165, 1.54) is 0 Å². The lowest BCUT2D eigenvalue weighted by Crippen LogP contribution is -1.99. The Morgan fingerprint density at radius 1 is 1.58 bits per heavy atom. The van der Waals surface area contributed by atoms with Gasteiger partial charge in [-0.05, 0) is 12.8 Å². The summed E-state index contributed by atoms with van der Waals surface area (Å²) >= 11 is 0. The van der Waals surface area contributed by atoms with E-state index in [2.05, 4.69) is 27.5 Å². The van der Waals surface area contributed by atoms with Crippen LogP contribution in [0.4, 0.5) is 0 Å². The molecule has 1 atom stereocenters. The van der Waals surface area contributed by atoms with E-state index in [0.717, 1.165) is 25.3 Å². The van der Waals surface area contributed by atoms with Crippen LogP contribution in [0, 0.1) is 0 Å². The van der Waals surface area contributed by atoms with E-state index in [1.54, 1.807) is 7.11 Å². The minimum atomic E-state index is 0.360. The summed E-state index contributed by atoms with van der Waals surface area (Å²) in [4.78, 5) is 0. The lowest BCUT2D eigenvalue weighted by atomic mass is 10.1. The van der Waals surface area contributed by atoms with Gasteiger partial charge in [0.2, 0.25) is 0 Å². The van der Waals surface area contributed by atoms with Gasteiger partial charge in [-0.3, -0.25) is 0 Å². The fraction of sp³-hybridized carbons (Fsp3) is 0.857. The van der Waals surface area contributed by atoms with Crippen molar-refractivity contribution >= 4 is 0 Å². The predicted molar refractivity (Wildman–Crippen MR) is 43.7 cm³/mol. The van der Waals surface area contributed by atoms with Crippen molar-refractivity contribution in [2.75, 3.05) is 13.7 Å². The highest BCUT2D eigenvalue weighted by Gasteiger charge is 2.08. The van der Waals surface area contributed by atoms with Crippen LogP contribution >= 0.6 is 0 Å². The quantitative estimate of drug-likeness (QED) is 0.662. The highest BCUT2D eigenvalue weighted by atomic mass is 16.5. The van der Waals surface area contributed by atoms with Gasteiger partial charge in [-0.1, -0.05) is 12.1 Å². The van der Waals surface area contributed by atoms with Gasteiger partial charge in [0.15, 0.2) is 5.82 Å². The molecular weight excluding hydrogens is 156 g/mol. The van der Waals surface area contributed by atoms with Crippen LogP contribution in [0.2, 0.25) is 0 Å². The van der Waals surface area contributed by atoms with Crippen LogP contribution in [0.3, 0.4) is 0 Å². The van der Waals surface area contributed by atoms with Gasteiger partial charge in [0, 0.05) is 19.6 Å². The Kier molecular flexibility index (Phi) is 3.66. The van der Waals surface area contributed by atoms with E-state index in [1.807, 2.05) is 0 Å². The lowest BCUT2D eigenvalue weighted by molar-refractivity contribution is 0.190. The molecule has 5 heteroatoms. The van der Waals surface area contributed by atoms with Gasteiger partial charge in [-0.25, -0.2) is 0 Å². The second-order valence-electron chi connectivity index (χ2n) is 2.81. The van der Waals surface area contributed by atoms with Crippen molar-refractivity contribution in [2.24, 2.45) is 0 Å². The molecule has 0 fully saturated rings. The van der Waals surface area contributed by atoms with Gasteiger partial charge in [-0.2, -0.15) is 5.21 Å². The van der Waals surface area contributed by atoms with E-state index in [-0.39, 0.29) is 0 Å². The first-order valence-corrected chi connectivity index (χ1v) is 4.07. The molecule has 68 valence electrons. The zero-order chi connectivity index (χ0) is 8.81. The molecule has 1 rings (SSSR count). The molecule has 0 aliphatic heterocycles. The molecule has 1 N–H and O–H groups in total. The second-order valence-corrected chi connectivity index (χ2v) is 2.81. The van der Waals surface area contributed by atoms with Crippen molar-refractivity contribution in [3.05, 3.63) is 5.82 Å². The summed E-state index contributed by atoms with van der Waals surface area (Å²) in [6, 6.07) is 0. The molecule has 0 saturated heterocycles. The van der Waals surface area contributed by atoms with E-state index in [0.29, 0.717) is 5.92 Å². The zero-order valence-corrected chi connectivity index (χ0v) is 7.45. The van der Waals surface area contributed by atoms with Gasteiger partial charge in [0.1, 0.15) is 0 Å². The average molecular weight is 170 g/mol. The summed E-state index contributed by atoms with van der Waals surface area (Å²) in [7, 11) is 1.71. The van der Waals surface area contributed by atoms with Gasteiger partial charge >= 0.3 is 0 Å². The minimum Gasteiger partial charge on any atom is -0.385 e. The maximum absolute atomic E-state index is 4.95. The molecule has 0 spiro atoms. The number of hydrogen-bond acceptors (Lipinski definition) is 4. The van der Waals surface area contributed by atoms with E-state index < -0.39 is 0 Å². The summed E-state index contributed by atoms with van der Waals surface area (Å²) in [6.07, 6.45) is 2.07. The SMILES string of the molecule is COCCCC(C)c1nn[nH]n1. The second kappa shape index (κ2) is 4.82. The van der Waals surface area contributed by atoms with Gasteiger partial charge in [0.25, 0.3) is 0 Å². The molecule has 12 heavy (non-hydrogen) atoms. The monoisotopic (exact) mass is 170 g/mol. The standard InChI is InChI=1S/C7H14N4O/c1-6(4-3-5-12-2)7-8-10-11-9-7/h6H,3-5H2,1-2H3,(H,8,9,10,11). The molecule has 1 aromatic heterocycles. The minimum absolute atomic E-state index is 0.360. The number of methoxy groups -OCH3 is 1. The number of aromatic amines is 1. The molecule has 0 aromatic carbocycles. The molecule has 5 nitrogen and oxygen atoms in total. The highest BCUT2D eigenvalue weighted by Crippen LogP contribution is 2.14. The van der Waals surface area contributed by atoms with E-state index in [9.17, 15) is 0 Å². The Hall–Kier alpha value is -0.970. The number of nitrogens with one attached hydrogen (secondary N) is 1. The molecule has 0 saturated carbocycles. The molecular formula is C7H14N4O. The van der Waals surface area contributed by atoms with Crippen LogP contribution in [0.1, 0.15) is 31.5 Å². The highest BCUT2D eigenvalue weighted by molar-refractivity contribution is 4.86. The van der Waals surface area contributed by atoms with Crippen molar-refractivity contribution in [3.63, 3.8) is 0 Å². The maximum Gasteiger partial charge on any atom is 0.177 e. The van der Waals surface area contributed by atoms with Crippen molar-refractivity contribution < 1.29 is 4.74 Å². The lowest BCUT2D eigenvalue weighted by Gasteiger charge is -2.04. The first-order chi connectivity index (χ1) is 5.84. The Labute approximate surface area is 71.5 Å². The molecule has 1 aromatic rings. The number of hydrogen-bond donors (Lipinski definition) is 1. The van der Waals surface area contributed by atoms with E-state index >= 15 is 0 Å². The van der Waals surface area contributed by atoms with Crippen LogP contribution in [0.5, 0.6) is 0 Å². The van der Waals surface area contributed by atoms with Crippen molar-refractivity contribution in [3.8, 4) is 0 Å². The largest absolute Gasteiger partial charge is 0.385 e. The van der Waals surface area contributed by atoms with E-state index in [4.69, 9.17) is 4.74 Å². The molecule has 0 aliphatic carbocycles. The first-order valence-electron chi connectivity index (χ1n) is 4.07. The summed E-state index contributed by atoms with van der Waals surface area (Å²) in [6.45, 7) is 2.88. The Morgan fingerprint density at radius 2 is 2.42 bits per heavy atom. The number of ether oxygens (including phenoxy) is 1. The molecule has 1 unspecified atom stereocenters. The molecule has 0 radical (unpaired) electrons. The predicted octanol–water partition coefficient (Wildman–Crippen LogP) is 0.730.